The van der Waals surface area contributed by atoms with Crippen LogP contribution in [0.2, 0.25) is 0 Å². The van der Waals surface area contributed by atoms with Gasteiger partial charge in [0.15, 0.2) is 11.5 Å². The van der Waals surface area contributed by atoms with Crippen LogP contribution < -0.4 is 5.73 Å². The summed E-state index contributed by atoms with van der Waals surface area (Å²) in [6.45, 7) is 10.4. The lowest BCUT2D eigenvalue weighted by molar-refractivity contribution is -0.136. The summed E-state index contributed by atoms with van der Waals surface area (Å²) in [5.74, 6) is -0.309. The number of Topliss-reactive ketones (excluding diaryl/α,β-unsaturated/α-hetero) is 1. The van der Waals surface area contributed by atoms with E-state index in [9.17, 15) is 9.90 Å². The topological polar surface area (TPSA) is 85.5 Å². The molecule has 0 spiro atoms. The molecule has 6 heteroatoms. The highest BCUT2D eigenvalue weighted by Crippen LogP contribution is 2.21. The van der Waals surface area contributed by atoms with Gasteiger partial charge in [-0.25, -0.2) is 4.85 Å². The number of benzene rings is 1. The molecular formula is C16H18N4O2. The van der Waals surface area contributed by atoms with Gasteiger partial charge < -0.3 is 10.8 Å². The molecular weight excluding hydrogens is 280 g/mol. The van der Waals surface area contributed by atoms with E-state index in [2.05, 4.69) is 9.94 Å². The van der Waals surface area contributed by atoms with Crippen LogP contribution in [-0.2, 0) is 17.8 Å². The Kier molecular flexibility index (Phi) is 4.29. The number of aryl methyl sites for hydroxylation is 1. The predicted molar refractivity (Wildman–Crippen MR) is 83.4 cm³/mol. The number of rotatable bonds is 5. The molecule has 0 radical (unpaired) electrons. The van der Waals surface area contributed by atoms with Gasteiger partial charge in [-0.1, -0.05) is 18.2 Å². The zero-order chi connectivity index (χ0) is 16.3. The predicted octanol–water partition coefficient (Wildman–Crippen LogP) is 1.89. The molecule has 1 heterocycles. The second kappa shape index (κ2) is 6.00. The van der Waals surface area contributed by atoms with Crippen LogP contribution >= 0.6 is 0 Å². The third-order valence-electron chi connectivity index (χ3n) is 3.47. The van der Waals surface area contributed by atoms with Crippen molar-refractivity contribution in [3.63, 3.8) is 0 Å². The molecule has 1 atom stereocenters. The summed E-state index contributed by atoms with van der Waals surface area (Å²) in [6.07, 6.45) is 3.13. The largest absolute Gasteiger partial charge is 0.396 e. The van der Waals surface area contributed by atoms with Gasteiger partial charge in [0.1, 0.15) is 5.60 Å². The zero-order valence-electron chi connectivity index (χ0n) is 12.6. The maximum Gasteiger partial charge on any atom is 0.190 e. The van der Waals surface area contributed by atoms with Crippen LogP contribution in [0.5, 0.6) is 0 Å². The molecule has 1 aromatic heterocycles. The Bertz CT molecular complexity index is 741. The van der Waals surface area contributed by atoms with Crippen molar-refractivity contribution in [3.05, 3.63) is 53.1 Å². The Balaban J connectivity index is 2.10. The Morgan fingerprint density at radius 3 is 2.82 bits per heavy atom. The molecule has 0 aliphatic rings. The van der Waals surface area contributed by atoms with Crippen LogP contribution in [0.4, 0.5) is 11.4 Å². The van der Waals surface area contributed by atoms with Gasteiger partial charge in [0, 0.05) is 12.6 Å². The van der Waals surface area contributed by atoms with E-state index in [1.54, 1.807) is 24.4 Å². The number of hydrogen-bond donors (Lipinski definition) is 2. The maximum absolute atomic E-state index is 12.3. The molecule has 0 unspecified atom stereocenters. The Morgan fingerprint density at radius 1 is 1.55 bits per heavy atom. The van der Waals surface area contributed by atoms with Crippen LogP contribution in [0.25, 0.3) is 4.85 Å². The molecule has 0 aliphatic heterocycles. The molecule has 22 heavy (non-hydrogen) atoms. The number of aromatic nitrogens is 2. The molecule has 0 bridgehead atoms. The van der Waals surface area contributed by atoms with E-state index < -0.39 is 5.60 Å². The monoisotopic (exact) mass is 298 g/mol. The molecule has 0 aliphatic carbocycles. The second-order valence-electron chi connectivity index (χ2n) is 5.58. The van der Waals surface area contributed by atoms with Crippen molar-refractivity contribution in [2.45, 2.75) is 32.4 Å². The van der Waals surface area contributed by atoms with E-state index in [1.807, 2.05) is 6.92 Å². The molecule has 0 amide bonds. The van der Waals surface area contributed by atoms with Crippen LogP contribution in [0.15, 0.2) is 30.6 Å². The van der Waals surface area contributed by atoms with Crippen LogP contribution in [0.1, 0.15) is 18.1 Å². The van der Waals surface area contributed by atoms with E-state index in [0.29, 0.717) is 11.4 Å². The number of anilines is 1. The summed E-state index contributed by atoms with van der Waals surface area (Å²) in [5, 5.41) is 14.4. The number of hydrogen-bond acceptors (Lipinski definition) is 4. The normalized spacial score (nSPS) is 13.4. The lowest BCUT2D eigenvalue weighted by Gasteiger charge is -2.22. The van der Waals surface area contributed by atoms with Crippen LogP contribution in [0, 0.1) is 13.5 Å². The number of carbonyl (C=O) groups is 1. The fourth-order valence-corrected chi connectivity index (χ4v) is 2.20. The first kappa shape index (κ1) is 15.7. The average molecular weight is 298 g/mol. The summed E-state index contributed by atoms with van der Waals surface area (Å²) >= 11 is 0. The lowest BCUT2D eigenvalue weighted by atomic mass is 9.94. The molecule has 3 N–H and O–H groups in total. The van der Waals surface area contributed by atoms with Crippen molar-refractivity contribution in [1.29, 1.82) is 0 Å². The Morgan fingerprint density at radius 2 is 2.27 bits per heavy atom. The maximum atomic E-state index is 12.3. The van der Waals surface area contributed by atoms with Crippen molar-refractivity contribution >= 4 is 17.2 Å². The SMILES string of the molecule is [C-]#[N+]c1ccc(CC(=O)[C@@](C)(O)Cn2cc(N)cn2)cc1C. The molecule has 114 valence electrons. The van der Waals surface area contributed by atoms with Crippen molar-refractivity contribution in [1.82, 2.24) is 9.78 Å². The Hall–Kier alpha value is -2.65. The van der Waals surface area contributed by atoms with Crippen LogP contribution in [0.3, 0.4) is 0 Å². The zero-order valence-corrected chi connectivity index (χ0v) is 12.6. The van der Waals surface area contributed by atoms with Gasteiger partial charge in [-0.15, -0.1) is 0 Å². The van der Waals surface area contributed by atoms with Gasteiger partial charge in [0.05, 0.1) is 25.0 Å². The molecule has 0 fully saturated rings. The quantitative estimate of drug-likeness (QED) is 0.825. The first-order chi connectivity index (χ1) is 10.3. The number of aliphatic hydroxyl groups is 1. The first-order valence-corrected chi connectivity index (χ1v) is 6.82. The van der Waals surface area contributed by atoms with E-state index in [1.165, 1.54) is 17.8 Å². The minimum Gasteiger partial charge on any atom is -0.396 e. The van der Waals surface area contributed by atoms with Gasteiger partial charge in [-0.05, 0) is 25.0 Å². The second-order valence-corrected chi connectivity index (χ2v) is 5.58. The molecule has 6 nitrogen and oxygen atoms in total. The smallest absolute Gasteiger partial charge is 0.190 e. The van der Waals surface area contributed by atoms with E-state index in [-0.39, 0.29) is 18.7 Å². The lowest BCUT2D eigenvalue weighted by Crippen LogP contribution is -2.40. The van der Waals surface area contributed by atoms with Crippen molar-refractivity contribution < 1.29 is 9.90 Å². The van der Waals surface area contributed by atoms with Gasteiger partial charge in [-0.3, -0.25) is 9.48 Å². The fourth-order valence-electron chi connectivity index (χ4n) is 2.20. The number of nitrogens with zero attached hydrogens (tertiary/aromatic N) is 3. The molecule has 2 aromatic rings. The highest BCUT2D eigenvalue weighted by atomic mass is 16.3. The Labute approximate surface area is 129 Å². The fraction of sp³-hybridized carbons (Fsp3) is 0.312. The van der Waals surface area contributed by atoms with E-state index >= 15 is 0 Å². The molecule has 2 rings (SSSR count). The molecule has 0 saturated heterocycles. The average Bonchev–Trinajstić information content (AvgIpc) is 2.83. The first-order valence-electron chi connectivity index (χ1n) is 6.82. The van der Waals surface area contributed by atoms with Gasteiger partial charge in [-0.2, -0.15) is 5.10 Å². The molecule has 1 aromatic carbocycles. The van der Waals surface area contributed by atoms with Crippen molar-refractivity contribution in [2.75, 3.05) is 5.73 Å². The van der Waals surface area contributed by atoms with Gasteiger partial charge >= 0.3 is 0 Å². The third kappa shape index (κ3) is 3.51. The molecule has 0 saturated carbocycles. The van der Waals surface area contributed by atoms with Crippen LogP contribution in [-0.4, -0.2) is 26.3 Å². The van der Waals surface area contributed by atoms with Gasteiger partial charge in [0.25, 0.3) is 0 Å². The van der Waals surface area contributed by atoms with E-state index in [0.717, 1.165) is 11.1 Å². The highest BCUT2D eigenvalue weighted by Gasteiger charge is 2.30. The van der Waals surface area contributed by atoms with Crippen molar-refractivity contribution in [2.24, 2.45) is 0 Å². The third-order valence-corrected chi connectivity index (χ3v) is 3.47. The summed E-state index contributed by atoms with van der Waals surface area (Å²) in [7, 11) is 0. The van der Waals surface area contributed by atoms with Gasteiger partial charge in [0.2, 0.25) is 0 Å². The minimum absolute atomic E-state index is 0.0438. The number of nitrogens with two attached hydrogens (primary N) is 1. The number of nitrogen functional groups attached to an aromatic ring is 1. The summed E-state index contributed by atoms with van der Waals surface area (Å²) in [5.41, 5.74) is 6.67. The summed E-state index contributed by atoms with van der Waals surface area (Å²) < 4.78 is 1.44. The summed E-state index contributed by atoms with van der Waals surface area (Å²) in [4.78, 5) is 15.7. The standard InChI is InChI=1S/C16H18N4O2/c1-11-6-12(4-5-14(11)18-3)7-15(21)16(2,22)10-20-9-13(17)8-19-20/h4-6,8-9,22H,7,10,17H2,1-2H3/t16-/m0/s1. The van der Waals surface area contributed by atoms with E-state index in [4.69, 9.17) is 12.3 Å². The number of carbonyl (C=O) groups excluding carboxylic acids is 1. The highest BCUT2D eigenvalue weighted by molar-refractivity contribution is 5.88. The summed E-state index contributed by atoms with van der Waals surface area (Å²) in [6, 6.07) is 5.22. The minimum atomic E-state index is -1.54. The van der Waals surface area contributed by atoms with Crippen molar-refractivity contribution in [3.8, 4) is 0 Å². The number of ketones is 1.